The molecule has 0 saturated heterocycles. The summed E-state index contributed by atoms with van der Waals surface area (Å²) in [6.45, 7) is 24.4. The van der Waals surface area contributed by atoms with Gasteiger partial charge in [-0.3, -0.25) is 0 Å². The van der Waals surface area contributed by atoms with Crippen LogP contribution in [0.15, 0.2) is 12.1 Å². The van der Waals surface area contributed by atoms with Crippen LogP contribution in [0.2, 0.25) is 0 Å². The maximum absolute atomic E-state index is 2.54. The van der Waals surface area contributed by atoms with Crippen LogP contribution in [-0.2, 0) is 6.42 Å². The van der Waals surface area contributed by atoms with Gasteiger partial charge in [-0.15, -0.1) is 0 Å². The molecule has 0 spiro atoms. The van der Waals surface area contributed by atoms with Crippen LogP contribution in [0.25, 0.3) is 0 Å². The van der Waals surface area contributed by atoms with Crippen LogP contribution in [0.4, 0.5) is 0 Å². The van der Waals surface area contributed by atoms with Crippen molar-refractivity contribution < 1.29 is 0 Å². The quantitative estimate of drug-likeness (QED) is 0.150. The lowest BCUT2D eigenvalue weighted by molar-refractivity contribution is 0.0706. The SMILES string of the molecule is Cc1ccc(CCC(C)CCCC(C)CCCCC(C)CCCC(C)CCC2C(C)CCCC2(C)C)c(C)c1C. The van der Waals surface area contributed by atoms with Gasteiger partial charge in [0.15, 0.2) is 0 Å². The maximum Gasteiger partial charge on any atom is -0.0274 e. The molecule has 232 valence electrons. The minimum Gasteiger partial charge on any atom is -0.0625 e. The highest BCUT2D eigenvalue weighted by atomic mass is 14.4. The van der Waals surface area contributed by atoms with Crippen LogP contribution in [0.3, 0.4) is 0 Å². The van der Waals surface area contributed by atoms with Crippen LogP contribution in [0.1, 0.15) is 173 Å². The molecule has 6 atom stereocenters. The van der Waals surface area contributed by atoms with Crippen LogP contribution >= 0.6 is 0 Å². The van der Waals surface area contributed by atoms with Crippen molar-refractivity contribution in [3.05, 3.63) is 34.4 Å². The van der Waals surface area contributed by atoms with Gasteiger partial charge in [0.05, 0.1) is 0 Å². The zero-order chi connectivity index (χ0) is 29.7. The molecule has 0 heteroatoms. The van der Waals surface area contributed by atoms with Gasteiger partial charge in [-0.05, 0) is 110 Å². The minimum atomic E-state index is 0.572. The molecular formula is C40H72. The number of hydrogen-bond donors (Lipinski definition) is 0. The lowest BCUT2D eigenvalue weighted by Crippen LogP contribution is -2.33. The molecule has 0 aromatic heterocycles. The van der Waals surface area contributed by atoms with E-state index >= 15 is 0 Å². The van der Waals surface area contributed by atoms with E-state index in [2.05, 4.69) is 81.4 Å². The van der Waals surface area contributed by atoms with Gasteiger partial charge < -0.3 is 0 Å². The third kappa shape index (κ3) is 12.6. The Bertz CT molecular complexity index is 816. The molecular weight excluding hydrogens is 480 g/mol. The second-order valence-corrected chi connectivity index (χ2v) is 15.9. The number of aryl methyl sites for hydroxylation is 2. The Kier molecular flexibility index (Phi) is 15.9. The standard InChI is InChI=1S/C40H72/c1-30(18-13-20-32(3)23-26-38-27-25-34(5)36(7)37(38)8)16-11-12-17-31(2)19-14-21-33(4)24-28-39-35(6)22-15-29-40(39,9)10/h25,27,30-33,35,39H,11-24,26,28-29H2,1-10H3. The molecule has 0 aliphatic heterocycles. The van der Waals surface area contributed by atoms with Gasteiger partial charge in [-0.1, -0.05) is 144 Å². The summed E-state index contributed by atoms with van der Waals surface area (Å²) in [5.41, 5.74) is 6.58. The molecule has 1 aromatic carbocycles. The fraction of sp³-hybridized carbons (Fsp3) is 0.850. The molecule has 6 unspecified atom stereocenters. The van der Waals surface area contributed by atoms with E-state index in [-0.39, 0.29) is 0 Å². The largest absolute Gasteiger partial charge is 0.0625 e. The molecule has 40 heavy (non-hydrogen) atoms. The van der Waals surface area contributed by atoms with E-state index < -0.39 is 0 Å². The normalized spacial score (nSPS) is 22.1. The monoisotopic (exact) mass is 553 g/mol. The second kappa shape index (κ2) is 18.0. The third-order valence-corrected chi connectivity index (χ3v) is 11.6. The molecule has 1 aliphatic carbocycles. The van der Waals surface area contributed by atoms with Crippen LogP contribution in [0, 0.1) is 61.7 Å². The highest BCUT2D eigenvalue weighted by molar-refractivity contribution is 5.38. The van der Waals surface area contributed by atoms with Crippen LogP contribution < -0.4 is 0 Å². The Morgan fingerprint density at radius 3 is 1.73 bits per heavy atom. The van der Waals surface area contributed by atoms with Gasteiger partial charge in [-0.2, -0.15) is 0 Å². The fourth-order valence-corrected chi connectivity index (χ4v) is 8.05. The van der Waals surface area contributed by atoms with E-state index in [1.807, 2.05) is 0 Å². The first-order valence-electron chi connectivity index (χ1n) is 18.0. The number of rotatable bonds is 19. The van der Waals surface area contributed by atoms with Crippen LogP contribution in [-0.4, -0.2) is 0 Å². The van der Waals surface area contributed by atoms with Crippen LogP contribution in [0.5, 0.6) is 0 Å². The van der Waals surface area contributed by atoms with Crippen molar-refractivity contribution in [1.82, 2.24) is 0 Å². The topological polar surface area (TPSA) is 0 Å². The Morgan fingerprint density at radius 1 is 0.675 bits per heavy atom. The fourth-order valence-electron chi connectivity index (χ4n) is 8.05. The summed E-state index contributed by atoms with van der Waals surface area (Å²) in [6.07, 6.45) is 24.2. The van der Waals surface area contributed by atoms with Gasteiger partial charge in [0.2, 0.25) is 0 Å². The van der Waals surface area contributed by atoms with E-state index in [0.717, 1.165) is 35.5 Å². The Labute approximate surface area is 253 Å². The molecule has 0 heterocycles. The summed E-state index contributed by atoms with van der Waals surface area (Å²) in [6, 6.07) is 4.68. The van der Waals surface area contributed by atoms with Crippen molar-refractivity contribution in [2.45, 2.75) is 178 Å². The van der Waals surface area contributed by atoms with Crippen molar-refractivity contribution in [1.29, 1.82) is 0 Å². The lowest BCUT2D eigenvalue weighted by Gasteiger charge is -2.43. The average molecular weight is 553 g/mol. The van der Waals surface area contributed by atoms with Gasteiger partial charge in [0.25, 0.3) is 0 Å². The number of benzene rings is 1. The third-order valence-electron chi connectivity index (χ3n) is 11.6. The second-order valence-electron chi connectivity index (χ2n) is 15.9. The van der Waals surface area contributed by atoms with E-state index in [4.69, 9.17) is 0 Å². The highest BCUT2D eigenvalue weighted by Gasteiger charge is 2.36. The van der Waals surface area contributed by atoms with Crippen molar-refractivity contribution in [2.75, 3.05) is 0 Å². The van der Waals surface area contributed by atoms with Crippen molar-refractivity contribution in [3.63, 3.8) is 0 Å². The predicted molar refractivity (Wildman–Crippen MR) is 181 cm³/mol. The van der Waals surface area contributed by atoms with Gasteiger partial charge in [0.1, 0.15) is 0 Å². The molecule has 1 saturated carbocycles. The van der Waals surface area contributed by atoms with E-state index in [0.29, 0.717) is 5.41 Å². The van der Waals surface area contributed by atoms with E-state index in [1.165, 1.54) is 126 Å². The van der Waals surface area contributed by atoms with E-state index in [1.54, 1.807) is 5.56 Å². The predicted octanol–water partition coefficient (Wildman–Crippen LogP) is 13.2. The average Bonchev–Trinajstić information content (AvgIpc) is 2.88. The summed E-state index contributed by atoms with van der Waals surface area (Å²) in [4.78, 5) is 0. The molecule has 2 rings (SSSR count). The zero-order valence-electron chi connectivity index (χ0n) is 29.1. The Morgan fingerprint density at radius 2 is 1.18 bits per heavy atom. The molecule has 0 amide bonds. The smallest absolute Gasteiger partial charge is 0.0274 e. The van der Waals surface area contributed by atoms with E-state index in [9.17, 15) is 0 Å². The molecule has 0 nitrogen and oxygen atoms in total. The lowest BCUT2D eigenvalue weighted by atomic mass is 9.62. The molecule has 0 radical (unpaired) electrons. The molecule has 1 fully saturated rings. The molecule has 0 bridgehead atoms. The summed E-state index contributed by atoms with van der Waals surface area (Å²) in [7, 11) is 0. The number of unbranched alkanes of at least 4 members (excludes halogenated alkanes) is 1. The van der Waals surface area contributed by atoms with Crippen molar-refractivity contribution >= 4 is 0 Å². The number of hydrogen-bond acceptors (Lipinski definition) is 0. The summed E-state index contributed by atoms with van der Waals surface area (Å²) in [5, 5.41) is 0. The van der Waals surface area contributed by atoms with Gasteiger partial charge in [-0.25, -0.2) is 0 Å². The minimum absolute atomic E-state index is 0.572. The van der Waals surface area contributed by atoms with Gasteiger partial charge >= 0.3 is 0 Å². The first-order valence-corrected chi connectivity index (χ1v) is 18.0. The first-order chi connectivity index (χ1) is 18.9. The first kappa shape index (κ1) is 35.4. The summed E-state index contributed by atoms with van der Waals surface area (Å²) < 4.78 is 0. The van der Waals surface area contributed by atoms with Gasteiger partial charge in [0, 0.05) is 0 Å². The molecule has 1 aliphatic rings. The Hall–Kier alpha value is -0.780. The summed E-state index contributed by atoms with van der Waals surface area (Å²) in [5.74, 6) is 5.47. The highest BCUT2D eigenvalue weighted by Crippen LogP contribution is 2.46. The molecule has 1 aromatic rings. The zero-order valence-corrected chi connectivity index (χ0v) is 29.1. The Balaban J connectivity index is 1.47. The van der Waals surface area contributed by atoms with Crippen molar-refractivity contribution in [2.24, 2.45) is 40.9 Å². The van der Waals surface area contributed by atoms with Crippen molar-refractivity contribution in [3.8, 4) is 0 Å². The molecule has 0 N–H and O–H groups in total. The maximum atomic E-state index is 2.54. The summed E-state index contributed by atoms with van der Waals surface area (Å²) >= 11 is 0.